The zero-order chi connectivity index (χ0) is 6.48. The fourth-order valence-corrected chi connectivity index (χ4v) is 2.51. The average Bonchev–Trinajstić information content (AvgIpc) is 2.18. The van der Waals surface area contributed by atoms with Gasteiger partial charge in [-0.1, -0.05) is 18.6 Å². The summed E-state index contributed by atoms with van der Waals surface area (Å²) in [5.74, 6) is 1.000. The second-order valence-corrected chi connectivity index (χ2v) is 3.96. The molecule has 0 N–H and O–H groups in total. The Morgan fingerprint density at radius 1 is 1.56 bits per heavy atom. The lowest BCUT2D eigenvalue weighted by molar-refractivity contribution is 0.175. The Morgan fingerprint density at radius 2 is 2.22 bits per heavy atom. The van der Waals surface area contributed by atoms with Crippen LogP contribution in [0.1, 0.15) is 33.1 Å². The molecular formula is C9H14. The van der Waals surface area contributed by atoms with Gasteiger partial charge in [-0.25, -0.2) is 0 Å². The maximum Gasteiger partial charge on any atom is -0.0193 e. The van der Waals surface area contributed by atoms with Crippen molar-refractivity contribution in [1.29, 1.82) is 0 Å². The van der Waals surface area contributed by atoms with E-state index in [4.69, 9.17) is 0 Å². The molecular weight excluding hydrogens is 108 g/mol. The number of allylic oxidation sites excluding steroid dienone is 2. The quantitative estimate of drug-likeness (QED) is 0.433. The van der Waals surface area contributed by atoms with E-state index in [9.17, 15) is 0 Å². The third kappa shape index (κ3) is 0.593. The molecule has 0 nitrogen and oxygen atoms in total. The molecule has 0 aromatic carbocycles. The van der Waals surface area contributed by atoms with E-state index in [1.807, 2.05) is 0 Å². The van der Waals surface area contributed by atoms with Gasteiger partial charge >= 0.3 is 0 Å². The summed E-state index contributed by atoms with van der Waals surface area (Å²) >= 11 is 0. The second kappa shape index (κ2) is 1.42. The number of rotatable bonds is 0. The third-order valence-electron chi connectivity index (χ3n) is 3.00. The summed E-state index contributed by atoms with van der Waals surface area (Å²) < 4.78 is 0. The minimum atomic E-state index is 0.743. The SMILES string of the molecule is C/C=C1/CC2(C)CC1C2. The van der Waals surface area contributed by atoms with Crippen molar-refractivity contribution in [1.82, 2.24) is 0 Å². The molecule has 0 amide bonds. The van der Waals surface area contributed by atoms with Crippen LogP contribution in [0.2, 0.25) is 0 Å². The summed E-state index contributed by atoms with van der Waals surface area (Å²) in [5.41, 5.74) is 2.48. The lowest BCUT2D eigenvalue weighted by atomic mass is 9.71. The summed E-state index contributed by atoms with van der Waals surface area (Å²) in [6.07, 6.45) is 6.68. The molecule has 3 aliphatic carbocycles. The van der Waals surface area contributed by atoms with Gasteiger partial charge in [-0.05, 0) is 37.5 Å². The topological polar surface area (TPSA) is 0 Å². The van der Waals surface area contributed by atoms with Gasteiger partial charge in [0.2, 0.25) is 0 Å². The van der Waals surface area contributed by atoms with Gasteiger partial charge < -0.3 is 0 Å². The Hall–Kier alpha value is -0.260. The first-order valence-electron chi connectivity index (χ1n) is 3.89. The van der Waals surface area contributed by atoms with E-state index in [-0.39, 0.29) is 0 Å². The molecule has 9 heavy (non-hydrogen) atoms. The maximum atomic E-state index is 2.42. The summed E-state index contributed by atoms with van der Waals surface area (Å²) in [5, 5.41) is 0. The summed E-state index contributed by atoms with van der Waals surface area (Å²) in [4.78, 5) is 0. The van der Waals surface area contributed by atoms with Crippen LogP contribution in [0, 0.1) is 11.3 Å². The maximum absolute atomic E-state index is 2.42. The van der Waals surface area contributed by atoms with E-state index in [0.717, 1.165) is 11.3 Å². The predicted molar refractivity (Wildman–Crippen MR) is 39.2 cm³/mol. The van der Waals surface area contributed by atoms with Crippen molar-refractivity contribution in [3.8, 4) is 0 Å². The van der Waals surface area contributed by atoms with Gasteiger partial charge in [-0.3, -0.25) is 0 Å². The highest BCUT2D eigenvalue weighted by atomic mass is 14.5. The molecule has 3 saturated carbocycles. The molecule has 0 aromatic rings. The van der Waals surface area contributed by atoms with Crippen LogP contribution in [-0.2, 0) is 0 Å². The fourth-order valence-electron chi connectivity index (χ4n) is 2.51. The van der Waals surface area contributed by atoms with Crippen LogP contribution in [0.3, 0.4) is 0 Å². The Kier molecular flexibility index (Phi) is 0.870. The van der Waals surface area contributed by atoms with E-state index < -0.39 is 0 Å². The Bertz CT molecular complexity index is 159. The molecule has 0 unspecified atom stereocenters. The van der Waals surface area contributed by atoms with Gasteiger partial charge in [0.15, 0.2) is 0 Å². The summed E-state index contributed by atoms with van der Waals surface area (Å²) in [7, 11) is 0. The van der Waals surface area contributed by atoms with Crippen molar-refractivity contribution >= 4 is 0 Å². The van der Waals surface area contributed by atoms with Crippen LogP contribution < -0.4 is 0 Å². The molecule has 3 fully saturated rings. The van der Waals surface area contributed by atoms with Crippen molar-refractivity contribution in [3.63, 3.8) is 0 Å². The van der Waals surface area contributed by atoms with Gasteiger partial charge in [-0.2, -0.15) is 0 Å². The molecule has 3 aliphatic rings. The minimum absolute atomic E-state index is 0.743. The molecule has 3 rings (SSSR count). The molecule has 0 saturated heterocycles. The second-order valence-electron chi connectivity index (χ2n) is 3.96. The van der Waals surface area contributed by atoms with E-state index in [0.29, 0.717) is 0 Å². The summed E-state index contributed by atoms with van der Waals surface area (Å²) in [6.45, 7) is 4.60. The number of fused-ring (bicyclic) bond motifs is 1. The Balaban J connectivity index is 2.23. The van der Waals surface area contributed by atoms with Crippen molar-refractivity contribution in [3.05, 3.63) is 11.6 Å². The first kappa shape index (κ1) is 5.52. The van der Waals surface area contributed by atoms with E-state index in [1.54, 1.807) is 5.57 Å². The van der Waals surface area contributed by atoms with Crippen molar-refractivity contribution in [2.45, 2.75) is 33.1 Å². The molecule has 0 heterocycles. The number of hydrogen-bond acceptors (Lipinski definition) is 0. The van der Waals surface area contributed by atoms with Gasteiger partial charge in [0, 0.05) is 0 Å². The zero-order valence-electron chi connectivity index (χ0n) is 6.28. The van der Waals surface area contributed by atoms with Gasteiger partial charge in [0.1, 0.15) is 0 Å². The molecule has 50 valence electrons. The highest BCUT2D eigenvalue weighted by molar-refractivity contribution is 5.23. The molecule has 0 aliphatic heterocycles. The fraction of sp³-hybridized carbons (Fsp3) is 0.778. The van der Waals surface area contributed by atoms with E-state index in [1.165, 1.54) is 19.3 Å². The number of hydrogen-bond donors (Lipinski definition) is 0. The normalized spacial score (nSPS) is 51.8. The van der Waals surface area contributed by atoms with Gasteiger partial charge in [0.25, 0.3) is 0 Å². The van der Waals surface area contributed by atoms with E-state index >= 15 is 0 Å². The van der Waals surface area contributed by atoms with Crippen LogP contribution in [-0.4, -0.2) is 0 Å². The standard InChI is InChI=1S/C9H14/c1-3-7-4-9(2)5-8(7)6-9/h3,8H,4-6H2,1-2H3/b7-3-. The summed E-state index contributed by atoms with van der Waals surface area (Å²) in [6, 6.07) is 0. The van der Waals surface area contributed by atoms with Crippen LogP contribution in [0.5, 0.6) is 0 Å². The van der Waals surface area contributed by atoms with Crippen LogP contribution >= 0.6 is 0 Å². The first-order valence-corrected chi connectivity index (χ1v) is 3.89. The lowest BCUT2D eigenvalue weighted by Gasteiger charge is -2.33. The molecule has 0 heteroatoms. The molecule has 0 radical (unpaired) electrons. The Morgan fingerprint density at radius 3 is 2.44 bits per heavy atom. The molecule has 0 spiro atoms. The highest BCUT2D eigenvalue weighted by Crippen LogP contribution is 2.61. The zero-order valence-corrected chi connectivity index (χ0v) is 6.28. The average molecular weight is 122 g/mol. The van der Waals surface area contributed by atoms with Crippen LogP contribution in [0.4, 0.5) is 0 Å². The van der Waals surface area contributed by atoms with Crippen molar-refractivity contribution in [2.24, 2.45) is 11.3 Å². The highest BCUT2D eigenvalue weighted by Gasteiger charge is 2.49. The van der Waals surface area contributed by atoms with Crippen molar-refractivity contribution in [2.75, 3.05) is 0 Å². The molecule has 0 aromatic heterocycles. The van der Waals surface area contributed by atoms with Crippen LogP contribution in [0.25, 0.3) is 0 Å². The predicted octanol–water partition coefficient (Wildman–Crippen LogP) is 2.75. The smallest absolute Gasteiger partial charge is 0.0193 e. The third-order valence-corrected chi connectivity index (χ3v) is 3.00. The van der Waals surface area contributed by atoms with Crippen molar-refractivity contribution < 1.29 is 0 Å². The molecule has 2 bridgehead atoms. The van der Waals surface area contributed by atoms with Crippen LogP contribution in [0.15, 0.2) is 11.6 Å². The van der Waals surface area contributed by atoms with Gasteiger partial charge in [-0.15, -0.1) is 0 Å². The lowest BCUT2D eigenvalue weighted by Crippen LogP contribution is -2.23. The van der Waals surface area contributed by atoms with Gasteiger partial charge in [0.05, 0.1) is 0 Å². The largest absolute Gasteiger partial charge is 0.0882 e. The molecule has 0 atom stereocenters. The minimum Gasteiger partial charge on any atom is -0.0882 e. The Labute approximate surface area is 57.0 Å². The van der Waals surface area contributed by atoms with E-state index in [2.05, 4.69) is 19.9 Å². The first-order chi connectivity index (χ1) is 4.23. The monoisotopic (exact) mass is 122 g/mol.